The Balaban J connectivity index is 1.20. The van der Waals surface area contributed by atoms with Crippen molar-refractivity contribution in [3.05, 3.63) is 0 Å². The number of amides is 3. The van der Waals surface area contributed by atoms with E-state index in [1.165, 1.54) is 14.0 Å². The topological polar surface area (TPSA) is 268 Å². The minimum Gasteiger partial charge on any atom is -0.459 e. The number of aliphatic hydroxyl groups is 4. The molecule has 0 radical (unpaired) electrons. The Morgan fingerprint density at radius 3 is 2.28 bits per heavy atom. The summed E-state index contributed by atoms with van der Waals surface area (Å²) >= 11 is 1.89. The number of carbonyl (C=O) groups is 4. The van der Waals surface area contributed by atoms with E-state index in [0.717, 1.165) is 44.3 Å². The molecule has 5 aliphatic heterocycles. The van der Waals surface area contributed by atoms with Crippen LogP contribution in [0, 0.1) is 17.8 Å². The highest BCUT2D eigenvalue weighted by atomic mass is 32.2. The Kier molecular flexibility index (Phi) is 25.3. The van der Waals surface area contributed by atoms with E-state index in [1.807, 2.05) is 70.4 Å². The number of methoxy groups -OCH3 is 1. The first-order valence-electron chi connectivity index (χ1n) is 29.0. The number of rotatable bonds is 22. The molecule has 0 aliphatic carbocycles. The van der Waals surface area contributed by atoms with E-state index in [-0.39, 0.29) is 67.8 Å². The molecule has 452 valence electrons. The lowest BCUT2D eigenvalue weighted by atomic mass is 9.77. The first kappa shape index (κ1) is 66.4. The molecule has 3 amide bonds. The molecule has 8 N–H and O–H groups in total. The molecule has 0 aromatic heterocycles. The Hall–Kier alpha value is -2.45. The number of fused-ring (bicyclic) bond motifs is 1. The standard InChI is InChI=1S/C56H102N6O15S/c1-15-41-56(10,70)48(66)36(6)62(13)30-32(2)28-54(8,69)49(77-52-46(65)39(61(11)12)27-33(3)72-52)34(4)47(35(5)51(67)74-41)76-44-29-55(9,71-14)50(37(7)73-44)75-43(64)23-26-57-24-19-16-20-25-58-42(63)22-18-17-21-40-45-38(31-78-40)59-53(68)60-45/h32-41,44-50,52,57,65-66,69-70H,15-31H2,1-14H3,(H,58,63)(H2,59,60,68)/t32-,33-,34+,35-,36-,37+,38?,39+,40?,41-,44+,45?,46-,47+,48-,49-,50+,52+,54-,55-,56-/m1/s1. The first-order chi connectivity index (χ1) is 36.6. The number of hydrogen-bond donors (Lipinski definition) is 8. The molecule has 21 atom stereocenters. The summed E-state index contributed by atoms with van der Waals surface area (Å²) in [6.07, 6.45) is -2.78. The van der Waals surface area contributed by atoms with E-state index in [2.05, 4.69) is 21.3 Å². The van der Waals surface area contributed by atoms with E-state index < -0.39 is 102 Å². The summed E-state index contributed by atoms with van der Waals surface area (Å²) in [6, 6.07) is -0.569. The summed E-state index contributed by atoms with van der Waals surface area (Å²) in [5.41, 5.74) is -4.58. The van der Waals surface area contributed by atoms with Gasteiger partial charge in [0.25, 0.3) is 0 Å². The maximum atomic E-state index is 14.6. The number of carbonyl (C=O) groups excluding carboxylic acids is 4. The minimum atomic E-state index is -1.85. The van der Waals surface area contributed by atoms with Crippen molar-refractivity contribution in [3.8, 4) is 0 Å². The van der Waals surface area contributed by atoms with Crippen LogP contribution in [0.3, 0.4) is 0 Å². The molecule has 21 nitrogen and oxygen atoms in total. The molecule has 5 saturated heterocycles. The number of likely N-dealkylation sites (N-methyl/N-ethyl adjacent to an activating group) is 2. The number of hydrogen-bond acceptors (Lipinski definition) is 19. The number of nitrogens with zero attached hydrogens (tertiary/aromatic N) is 2. The van der Waals surface area contributed by atoms with Gasteiger partial charge in [-0.2, -0.15) is 11.8 Å². The van der Waals surface area contributed by atoms with Gasteiger partial charge in [0.15, 0.2) is 18.7 Å². The van der Waals surface area contributed by atoms with Crippen molar-refractivity contribution in [1.29, 1.82) is 0 Å². The van der Waals surface area contributed by atoms with E-state index in [9.17, 15) is 39.6 Å². The van der Waals surface area contributed by atoms with Gasteiger partial charge in [0.1, 0.15) is 29.5 Å². The van der Waals surface area contributed by atoms with Gasteiger partial charge < -0.3 is 84.7 Å². The molecule has 0 aromatic rings. The van der Waals surface area contributed by atoms with E-state index >= 15 is 0 Å². The average Bonchev–Trinajstić information content (AvgIpc) is 3.94. The van der Waals surface area contributed by atoms with Crippen LogP contribution in [-0.2, 0) is 47.5 Å². The number of cyclic esters (lactones) is 1. The quantitative estimate of drug-likeness (QED) is 0.0438. The van der Waals surface area contributed by atoms with Crippen molar-refractivity contribution in [1.82, 2.24) is 31.1 Å². The van der Waals surface area contributed by atoms with E-state index in [4.69, 9.17) is 33.2 Å². The maximum absolute atomic E-state index is 14.6. The Bertz CT molecular complexity index is 1910. The Morgan fingerprint density at radius 1 is 0.897 bits per heavy atom. The van der Waals surface area contributed by atoms with Crippen molar-refractivity contribution < 1.29 is 72.8 Å². The van der Waals surface area contributed by atoms with Crippen molar-refractivity contribution >= 4 is 35.6 Å². The second-order valence-electron chi connectivity index (χ2n) is 24.4. The van der Waals surface area contributed by atoms with Crippen LogP contribution in [0.1, 0.15) is 146 Å². The number of esters is 2. The summed E-state index contributed by atoms with van der Waals surface area (Å²) in [5.74, 6) is -2.24. The predicted octanol–water partition coefficient (Wildman–Crippen LogP) is 3.44. The lowest BCUT2D eigenvalue weighted by Gasteiger charge is -2.49. The monoisotopic (exact) mass is 1130 g/mol. The number of unbranched alkanes of at least 4 members (excludes halogenated alkanes) is 3. The van der Waals surface area contributed by atoms with Crippen LogP contribution in [0.5, 0.6) is 0 Å². The second-order valence-corrected chi connectivity index (χ2v) is 25.7. The molecule has 5 fully saturated rings. The molecule has 22 heteroatoms. The average molecular weight is 1130 g/mol. The fourth-order valence-electron chi connectivity index (χ4n) is 12.6. The molecular weight excluding hydrogens is 1030 g/mol. The largest absolute Gasteiger partial charge is 0.459 e. The lowest BCUT2D eigenvalue weighted by molar-refractivity contribution is -0.318. The van der Waals surface area contributed by atoms with Crippen molar-refractivity contribution in [3.63, 3.8) is 0 Å². The highest BCUT2D eigenvalue weighted by Crippen LogP contribution is 2.41. The molecule has 5 heterocycles. The Morgan fingerprint density at radius 2 is 1.60 bits per heavy atom. The number of nitrogens with one attached hydrogen (secondary N) is 4. The lowest BCUT2D eigenvalue weighted by Crippen LogP contribution is -2.61. The second kappa shape index (κ2) is 29.7. The van der Waals surface area contributed by atoms with Gasteiger partial charge in [0.2, 0.25) is 5.91 Å². The third kappa shape index (κ3) is 17.5. The van der Waals surface area contributed by atoms with Crippen LogP contribution in [0.25, 0.3) is 0 Å². The van der Waals surface area contributed by atoms with Crippen LogP contribution in [0.15, 0.2) is 0 Å². The molecule has 5 aliphatic rings. The van der Waals surface area contributed by atoms with Crippen LogP contribution < -0.4 is 21.3 Å². The van der Waals surface area contributed by atoms with E-state index in [0.29, 0.717) is 44.3 Å². The normalized spacial score (nSPS) is 41.3. The molecule has 3 unspecified atom stereocenters. The third-order valence-electron chi connectivity index (χ3n) is 17.4. The van der Waals surface area contributed by atoms with Gasteiger partial charge in [-0.05, 0) is 127 Å². The van der Waals surface area contributed by atoms with Crippen molar-refractivity contribution in [2.45, 2.75) is 254 Å². The van der Waals surface area contributed by atoms with Gasteiger partial charge in [-0.25, -0.2) is 4.79 Å². The molecule has 78 heavy (non-hydrogen) atoms. The molecule has 0 spiro atoms. The van der Waals surface area contributed by atoms with Crippen molar-refractivity contribution in [2.75, 3.05) is 60.2 Å². The molecular formula is C56H102N6O15S. The zero-order chi connectivity index (χ0) is 57.9. The Labute approximate surface area is 469 Å². The van der Waals surface area contributed by atoms with Gasteiger partial charge in [-0.3, -0.25) is 14.4 Å². The van der Waals surface area contributed by atoms with Crippen LogP contribution in [0.2, 0.25) is 0 Å². The molecule has 0 saturated carbocycles. The van der Waals surface area contributed by atoms with Crippen molar-refractivity contribution in [2.24, 2.45) is 17.8 Å². The van der Waals surface area contributed by atoms with Gasteiger partial charge in [0, 0.05) is 68.6 Å². The summed E-state index contributed by atoms with van der Waals surface area (Å²) in [6.45, 7) is 19.8. The summed E-state index contributed by atoms with van der Waals surface area (Å²) < 4.78 is 44.9. The summed E-state index contributed by atoms with van der Waals surface area (Å²) in [5, 5.41) is 60.8. The molecule has 0 bridgehead atoms. The zero-order valence-corrected chi connectivity index (χ0v) is 50.3. The van der Waals surface area contributed by atoms with Gasteiger partial charge >= 0.3 is 18.0 Å². The number of thioether (sulfide) groups is 1. The SMILES string of the molecule is CC[C@H]1OC(=O)[C@H](C)[C@@H](O[C@H]2C[C@@](C)(OC)[C@@H](OC(=O)CCNCCCCCNC(=O)CCCCC3SCC4NC(=O)NC43)[C@H](C)O2)[C@H](C)[C@@H](O[C@@H]2O[C@H](C)C[C@H](N(C)C)[C@H]2O)[C@](C)(O)C[C@@H](C)CN(C)[C@H](C)[C@@H](O)[C@]1(C)O. The van der Waals surface area contributed by atoms with Crippen LogP contribution >= 0.6 is 11.8 Å². The van der Waals surface area contributed by atoms with Gasteiger partial charge in [-0.1, -0.05) is 33.6 Å². The number of aliphatic hydroxyl groups excluding tert-OH is 2. The van der Waals surface area contributed by atoms with Crippen LogP contribution in [0.4, 0.5) is 4.79 Å². The first-order valence-corrected chi connectivity index (χ1v) is 30.1. The molecule has 0 aromatic carbocycles. The zero-order valence-electron chi connectivity index (χ0n) is 49.5. The molecule has 5 rings (SSSR count). The van der Waals surface area contributed by atoms with Gasteiger partial charge in [-0.15, -0.1) is 0 Å². The fourth-order valence-corrected chi connectivity index (χ4v) is 14.1. The predicted molar refractivity (Wildman–Crippen MR) is 296 cm³/mol. The fraction of sp³-hybridized carbons (Fsp3) is 0.929. The number of urea groups is 1. The smallest absolute Gasteiger partial charge is 0.315 e. The summed E-state index contributed by atoms with van der Waals surface area (Å²) in [7, 11) is 7.13. The highest BCUT2D eigenvalue weighted by molar-refractivity contribution is 8.00. The maximum Gasteiger partial charge on any atom is 0.315 e. The third-order valence-corrected chi connectivity index (χ3v) is 18.9. The highest BCUT2D eigenvalue weighted by Gasteiger charge is 2.54. The summed E-state index contributed by atoms with van der Waals surface area (Å²) in [4.78, 5) is 55.9. The van der Waals surface area contributed by atoms with E-state index in [1.54, 1.807) is 34.6 Å². The van der Waals surface area contributed by atoms with Gasteiger partial charge in [0.05, 0.1) is 54.4 Å². The minimum absolute atomic E-state index is 0.0607. The van der Waals surface area contributed by atoms with Crippen LogP contribution in [-0.4, -0.2) is 222 Å². The number of ether oxygens (including phenoxy) is 7.